The summed E-state index contributed by atoms with van der Waals surface area (Å²) in [6.07, 6.45) is 0.812. The molecule has 4 rings (SSSR count). The van der Waals surface area contributed by atoms with Crippen LogP contribution in [0.15, 0.2) is 54.6 Å². The van der Waals surface area contributed by atoms with Gasteiger partial charge in [0.15, 0.2) is 0 Å². The predicted octanol–water partition coefficient (Wildman–Crippen LogP) is 1.93. The number of likely N-dealkylation sites (tertiary alicyclic amines) is 1. The van der Waals surface area contributed by atoms with Crippen molar-refractivity contribution in [3.05, 3.63) is 65.7 Å². The lowest BCUT2D eigenvalue weighted by molar-refractivity contribution is -0.128. The number of hydrogen-bond donors (Lipinski definition) is 1. The third-order valence-electron chi connectivity index (χ3n) is 6.56. The molecule has 9 heteroatoms. The van der Waals surface area contributed by atoms with Crippen LogP contribution in [0.1, 0.15) is 33.6 Å². The van der Waals surface area contributed by atoms with Crippen molar-refractivity contribution in [2.45, 2.75) is 24.6 Å². The van der Waals surface area contributed by atoms with Crippen LogP contribution in [0.2, 0.25) is 0 Å². The van der Waals surface area contributed by atoms with E-state index in [1.54, 1.807) is 72.6 Å². The van der Waals surface area contributed by atoms with Gasteiger partial charge in [-0.2, -0.15) is 0 Å². The Bertz CT molecular complexity index is 1050. The summed E-state index contributed by atoms with van der Waals surface area (Å²) >= 11 is 0. The predicted molar refractivity (Wildman–Crippen MR) is 128 cm³/mol. The van der Waals surface area contributed by atoms with Crippen molar-refractivity contribution in [2.24, 2.45) is 0 Å². The molecule has 2 heterocycles. The topological polar surface area (TPSA) is 97.4 Å². The van der Waals surface area contributed by atoms with Crippen molar-refractivity contribution < 1.29 is 28.6 Å². The molecule has 0 aliphatic carbocycles. The molecular weight excluding hydrogens is 450 g/mol. The van der Waals surface area contributed by atoms with Crippen molar-refractivity contribution in [1.29, 1.82) is 0 Å². The first-order valence-electron chi connectivity index (χ1n) is 11.7. The Balaban J connectivity index is 1.53. The van der Waals surface area contributed by atoms with Crippen molar-refractivity contribution in [3.63, 3.8) is 0 Å². The number of benzene rings is 2. The van der Waals surface area contributed by atoms with E-state index in [2.05, 4.69) is 5.32 Å². The van der Waals surface area contributed by atoms with Gasteiger partial charge in [-0.15, -0.1) is 0 Å². The molecular formula is C26H31N3O6. The molecule has 3 amide bonds. The molecule has 0 unspecified atom stereocenters. The summed E-state index contributed by atoms with van der Waals surface area (Å²) in [6.45, 7) is 1.61. The van der Waals surface area contributed by atoms with Gasteiger partial charge >= 0.3 is 0 Å². The van der Waals surface area contributed by atoms with Gasteiger partial charge in [0, 0.05) is 50.7 Å². The molecule has 2 aliphatic heterocycles. The van der Waals surface area contributed by atoms with Crippen molar-refractivity contribution in [1.82, 2.24) is 15.1 Å². The zero-order chi connectivity index (χ0) is 24.8. The molecule has 0 aromatic heterocycles. The van der Waals surface area contributed by atoms with Crippen LogP contribution in [0.3, 0.4) is 0 Å². The van der Waals surface area contributed by atoms with Crippen LogP contribution in [-0.4, -0.2) is 86.4 Å². The molecule has 0 saturated carbocycles. The molecule has 2 fully saturated rings. The van der Waals surface area contributed by atoms with Gasteiger partial charge in [0.25, 0.3) is 11.8 Å². The highest BCUT2D eigenvalue weighted by Crippen LogP contribution is 2.39. The number of amides is 3. The zero-order valence-corrected chi connectivity index (χ0v) is 20.1. The van der Waals surface area contributed by atoms with Gasteiger partial charge in [0.1, 0.15) is 17.5 Å². The second-order valence-corrected chi connectivity index (χ2v) is 8.62. The number of piperidine rings is 1. The van der Waals surface area contributed by atoms with Crippen LogP contribution in [0.25, 0.3) is 0 Å². The Hall–Kier alpha value is -3.43. The normalized spacial score (nSPS) is 19.0. The van der Waals surface area contributed by atoms with E-state index in [4.69, 9.17) is 14.2 Å². The fourth-order valence-corrected chi connectivity index (χ4v) is 4.68. The number of ether oxygens (including phenoxy) is 3. The molecule has 1 spiro atoms. The maximum Gasteiger partial charge on any atom is 0.256 e. The van der Waals surface area contributed by atoms with Gasteiger partial charge in [-0.25, -0.2) is 0 Å². The van der Waals surface area contributed by atoms with Gasteiger partial charge < -0.3 is 24.4 Å². The van der Waals surface area contributed by atoms with E-state index in [9.17, 15) is 14.4 Å². The van der Waals surface area contributed by atoms with E-state index in [-0.39, 0.29) is 24.3 Å². The first kappa shape index (κ1) is 24.7. The summed E-state index contributed by atoms with van der Waals surface area (Å²) < 4.78 is 16.5. The van der Waals surface area contributed by atoms with Gasteiger partial charge in [-0.3, -0.25) is 19.3 Å². The maximum atomic E-state index is 13.6. The van der Waals surface area contributed by atoms with Crippen molar-refractivity contribution >= 4 is 17.7 Å². The minimum atomic E-state index is -0.957. The SMILES string of the molecule is COCCNC(=O)[C@@H]1COC2(CCN(C(=O)c3cccc(OC)c3)CC2)N1C(=O)c1ccccc1. The number of carbonyl (C=O) groups excluding carboxylic acids is 3. The van der Waals surface area contributed by atoms with Crippen molar-refractivity contribution in [2.75, 3.05) is 47.1 Å². The molecule has 1 N–H and O–H groups in total. The zero-order valence-electron chi connectivity index (χ0n) is 20.1. The van der Waals surface area contributed by atoms with Crippen LogP contribution in [0.5, 0.6) is 5.75 Å². The Kier molecular flexibility index (Phi) is 7.67. The summed E-state index contributed by atoms with van der Waals surface area (Å²) in [4.78, 5) is 43.0. The van der Waals surface area contributed by atoms with Crippen LogP contribution in [-0.2, 0) is 14.3 Å². The highest BCUT2D eigenvalue weighted by Gasteiger charge is 2.54. The molecule has 35 heavy (non-hydrogen) atoms. The first-order chi connectivity index (χ1) is 17.0. The van der Waals surface area contributed by atoms with E-state index < -0.39 is 11.8 Å². The van der Waals surface area contributed by atoms with Gasteiger partial charge in [0.2, 0.25) is 5.91 Å². The molecule has 9 nitrogen and oxygen atoms in total. The molecule has 2 saturated heterocycles. The molecule has 186 valence electrons. The second kappa shape index (κ2) is 10.9. The van der Waals surface area contributed by atoms with E-state index >= 15 is 0 Å². The highest BCUT2D eigenvalue weighted by atomic mass is 16.5. The number of nitrogens with zero attached hydrogens (tertiary/aromatic N) is 2. The Morgan fingerprint density at radius 1 is 1.00 bits per heavy atom. The van der Waals surface area contributed by atoms with E-state index in [1.165, 1.54) is 0 Å². The highest BCUT2D eigenvalue weighted by molar-refractivity contribution is 5.98. The average Bonchev–Trinajstić information content (AvgIpc) is 3.27. The fourth-order valence-electron chi connectivity index (χ4n) is 4.68. The van der Waals surface area contributed by atoms with Crippen LogP contribution < -0.4 is 10.1 Å². The lowest BCUT2D eigenvalue weighted by atomic mass is 9.96. The molecule has 2 aromatic carbocycles. The largest absolute Gasteiger partial charge is 0.497 e. The Morgan fingerprint density at radius 2 is 1.71 bits per heavy atom. The van der Waals surface area contributed by atoms with Crippen molar-refractivity contribution in [3.8, 4) is 5.75 Å². The molecule has 1 atom stereocenters. The summed E-state index contributed by atoms with van der Waals surface area (Å²) in [7, 11) is 3.12. The molecule has 2 aliphatic rings. The summed E-state index contributed by atoms with van der Waals surface area (Å²) in [6, 6.07) is 15.2. The fraction of sp³-hybridized carbons (Fsp3) is 0.423. The molecule has 2 aromatic rings. The van der Waals surface area contributed by atoms with Gasteiger partial charge in [-0.05, 0) is 30.3 Å². The number of rotatable bonds is 7. The first-order valence-corrected chi connectivity index (χ1v) is 11.7. The number of hydrogen-bond acceptors (Lipinski definition) is 6. The number of methoxy groups -OCH3 is 2. The van der Waals surface area contributed by atoms with E-state index in [0.717, 1.165) is 0 Å². The van der Waals surface area contributed by atoms with Crippen LogP contribution in [0, 0.1) is 0 Å². The average molecular weight is 482 g/mol. The number of carbonyl (C=O) groups is 3. The number of nitrogens with one attached hydrogen (secondary N) is 1. The molecule has 0 radical (unpaired) electrons. The summed E-state index contributed by atoms with van der Waals surface area (Å²) in [5.74, 6) is -0.0300. The Morgan fingerprint density at radius 3 is 2.40 bits per heavy atom. The van der Waals surface area contributed by atoms with Crippen LogP contribution >= 0.6 is 0 Å². The summed E-state index contributed by atoms with van der Waals surface area (Å²) in [5.41, 5.74) is 0.0728. The van der Waals surface area contributed by atoms with Crippen LogP contribution in [0.4, 0.5) is 0 Å². The standard InChI is InChI=1S/C26H31N3O6/c1-33-16-13-27-23(30)22-18-35-26(29(22)25(32)19-7-4-3-5-8-19)11-14-28(15-12-26)24(31)20-9-6-10-21(17-20)34-2/h3-10,17,22H,11-16,18H2,1-2H3,(H,27,30)/t22-/m0/s1. The maximum absolute atomic E-state index is 13.6. The lowest BCUT2D eigenvalue weighted by Gasteiger charge is -2.44. The van der Waals surface area contributed by atoms with E-state index in [1.807, 2.05) is 6.07 Å². The smallest absolute Gasteiger partial charge is 0.256 e. The minimum absolute atomic E-state index is 0.0984. The lowest BCUT2D eigenvalue weighted by Crippen LogP contribution is -2.60. The third-order valence-corrected chi connectivity index (χ3v) is 6.56. The molecule has 0 bridgehead atoms. The Labute approximate surface area is 204 Å². The summed E-state index contributed by atoms with van der Waals surface area (Å²) in [5, 5.41) is 2.83. The monoisotopic (exact) mass is 481 g/mol. The van der Waals surface area contributed by atoms with Gasteiger partial charge in [0.05, 0.1) is 20.3 Å². The third kappa shape index (κ3) is 5.16. The minimum Gasteiger partial charge on any atom is -0.497 e. The quantitative estimate of drug-likeness (QED) is 0.607. The second-order valence-electron chi connectivity index (χ2n) is 8.62. The van der Waals surface area contributed by atoms with E-state index in [0.29, 0.717) is 56.0 Å². The van der Waals surface area contributed by atoms with Gasteiger partial charge in [-0.1, -0.05) is 24.3 Å².